The number of aryl methyl sites for hydroxylation is 2. The number of thiophene rings is 1. The number of urea groups is 1. The monoisotopic (exact) mass is 426 g/mol. The maximum atomic E-state index is 13.8. The molecule has 2 N–H and O–H groups in total. The van der Waals surface area contributed by atoms with Gasteiger partial charge in [0.25, 0.3) is 0 Å². The van der Waals surface area contributed by atoms with Crippen molar-refractivity contribution in [3.63, 3.8) is 0 Å². The van der Waals surface area contributed by atoms with E-state index in [0.717, 1.165) is 28.4 Å². The Kier molecular flexibility index (Phi) is 5.69. The van der Waals surface area contributed by atoms with Crippen LogP contribution in [-0.4, -0.2) is 55.3 Å². The number of nitrogens with zero attached hydrogens (tertiary/aromatic N) is 5. The summed E-state index contributed by atoms with van der Waals surface area (Å²) in [6.07, 6.45) is 4.68. The maximum absolute atomic E-state index is 13.8. The number of likely N-dealkylation sites (tertiary alicyclic amines) is 1. The molecule has 2 amide bonds. The minimum absolute atomic E-state index is 0.322. The molecule has 154 valence electrons. The highest BCUT2D eigenvalue weighted by Gasteiger charge is 2.41. The van der Waals surface area contributed by atoms with E-state index in [1.807, 2.05) is 19.4 Å². The SMILES string of the molecule is Cc1csc(N(C(N)=O)S(=O)(=O)N(c2cnn(C)c2)C2CCCN(C)C2)c1C. The molecule has 1 saturated heterocycles. The van der Waals surface area contributed by atoms with Crippen molar-refractivity contribution in [2.24, 2.45) is 12.8 Å². The number of aromatic nitrogens is 2. The summed E-state index contributed by atoms with van der Waals surface area (Å²) in [5.74, 6) is 0. The third kappa shape index (κ3) is 3.74. The number of rotatable bonds is 5. The lowest BCUT2D eigenvalue weighted by molar-refractivity contribution is 0.252. The molecule has 1 aliphatic heterocycles. The van der Waals surface area contributed by atoms with Gasteiger partial charge in [-0.3, -0.25) is 4.68 Å². The largest absolute Gasteiger partial charge is 0.350 e. The fraction of sp³-hybridized carbons (Fsp3) is 0.529. The zero-order valence-electron chi connectivity index (χ0n) is 16.5. The van der Waals surface area contributed by atoms with Gasteiger partial charge >= 0.3 is 16.2 Å². The average Bonchev–Trinajstić information content (AvgIpc) is 3.15. The van der Waals surface area contributed by atoms with Crippen LogP contribution >= 0.6 is 11.3 Å². The molecular formula is C17H26N6O3S2. The number of piperidine rings is 1. The predicted octanol–water partition coefficient (Wildman–Crippen LogP) is 1.83. The molecule has 9 nitrogen and oxygen atoms in total. The summed E-state index contributed by atoms with van der Waals surface area (Å²) in [5.41, 5.74) is 7.61. The Hall–Kier alpha value is -2.11. The third-order valence-corrected chi connectivity index (χ3v) is 8.13. The van der Waals surface area contributed by atoms with E-state index >= 15 is 0 Å². The zero-order chi connectivity index (χ0) is 20.6. The van der Waals surface area contributed by atoms with Gasteiger partial charge in [0, 0.05) is 19.8 Å². The molecule has 0 spiro atoms. The second-order valence-corrected chi connectivity index (χ2v) is 9.70. The molecule has 1 fully saturated rings. The Morgan fingerprint density at radius 3 is 2.57 bits per heavy atom. The molecule has 0 radical (unpaired) electrons. The fourth-order valence-corrected chi connectivity index (χ4v) is 6.54. The molecule has 3 heterocycles. The number of primary amides is 1. The van der Waals surface area contributed by atoms with Crippen LogP contribution in [-0.2, 0) is 17.3 Å². The van der Waals surface area contributed by atoms with Crippen LogP contribution in [0.15, 0.2) is 17.8 Å². The Labute approximate surface area is 169 Å². The number of likely N-dealkylation sites (N-methyl/N-ethyl adjacent to an activating group) is 1. The maximum Gasteiger partial charge on any atom is 0.335 e. The van der Waals surface area contributed by atoms with Crippen molar-refractivity contribution in [1.82, 2.24) is 14.7 Å². The highest BCUT2D eigenvalue weighted by atomic mass is 32.2. The van der Waals surface area contributed by atoms with Crippen LogP contribution in [0.2, 0.25) is 0 Å². The molecule has 1 atom stereocenters. The lowest BCUT2D eigenvalue weighted by atomic mass is 10.1. The highest BCUT2D eigenvalue weighted by Crippen LogP contribution is 2.36. The Bertz CT molecular complexity index is 967. The summed E-state index contributed by atoms with van der Waals surface area (Å²) in [7, 11) is -0.586. The minimum Gasteiger partial charge on any atom is -0.350 e. The normalized spacial score (nSPS) is 18.2. The van der Waals surface area contributed by atoms with E-state index in [1.54, 1.807) is 24.9 Å². The van der Waals surface area contributed by atoms with Gasteiger partial charge in [-0.15, -0.1) is 11.3 Å². The van der Waals surface area contributed by atoms with Crippen LogP contribution in [0.3, 0.4) is 0 Å². The molecule has 28 heavy (non-hydrogen) atoms. The second-order valence-electron chi connectivity index (χ2n) is 7.19. The average molecular weight is 427 g/mol. The minimum atomic E-state index is -4.26. The number of amides is 2. The molecule has 2 aromatic heterocycles. The van der Waals surface area contributed by atoms with Crippen molar-refractivity contribution < 1.29 is 13.2 Å². The first-order chi connectivity index (χ1) is 13.1. The van der Waals surface area contributed by atoms with E-state index in [2.05, 4.69) is 10.00 Å². The summed E-state index contributed by atoms with van der Waals surface area (Å²) in [6.45, 7) is 5.12. The molecule has 11 heteroatoms. The zero-order valence-corrected chi connectivity index (χ0v) is 18.1. The van der Waals surface area contributed by atoms with Crippen LogP contribution in [0.4, 0.5) is 15.5 Å². The van der Waals surface area contributed by atoms with Gasteiger partial charge in [0.05, 0.1) is 17.9 Å². The number of carbonyl (C=O) groups excluding carboxylic acids is 1. The van der Waals surface area contributed by atoms with Crippen molar-refractivity contribution in [3.8, 4) is 0 Å². The Morgan fingerprint density at radius 1 is 1.36 bits per heavy atom. The van der Waals surface area contributed by atoms with Crippen LogP contribution in [0.25, 0.3) is 0 Å². The smallest absolute Gasteiger partial charge is 0.335 e. The van der Waals surface area contributed by atoms with Gasteiger partial charge in [0.15, 0.2) is 0 Å². The molecule has 1 aliphatic rings. The quantitative estimate of drug-likeness (QED) is 0.785. The lowest BCUT2D eigenvalue weighted by Crippen LogP contribution is -2.56. The number of carbonyl (C=O) groups is 1. The summed E-state index contributed by atoms with van der Waals surface area (Å²) in [5, 5.41) is 6.27. The second kappa shape index (κ2) is 7.72. The van der Waals surface area contributed by atoms with E-state index in [4.69, 9.17) is 5.73 Å². The van der Waals surface area contributed by atoms with Crippen molar-refractivity contribution in [2.45, 2.75) is 32.7 Å². The van der Waals surface area contributed by atoms with Crippen molar-refractivity contribution in [3.05, 3.63) is 28.9 Å². The van der Waals surface area contributed by atoms with Crippen molar-refractivity contribution in [2.75, 3.05) is 28.7 Å². The topological polar surface area (TPSA) is 105 Å². The van der Waals surface area contributed by atoms with Crippen LogP contribution in [0, 0.1) is 13.8 Å². The molecule has 2 aromatic rings. The van der Waals surface area contributed by atoms with Gasteiger partial charge < -0.3 is 10.6 Å². The summed E-state index contributed by atoms with van der Waals surface area (Å²) in [6, 6.07) is -1.35. The van der Waals surface area contributed by atoms with Gasteiger partial charge in [0.1, 0.15) is 5.00 Å². The molecule has 0 aromatic carbocycles. The van der Waals surface area contributed by atoms with Crippen LogP contribution in [0.1, 0.15) is 24.0 Å². The van der Waals surface area contributed by atoms with Gasteiger partial charge in [-0.1, -0.05) is 0 Å². The first-order valence-corrected chi connectivity index (χ1v) is 11.3. The molecule has 0 bridgehead atoms. The summed E-state index contributed by atoms with van der Waals surface area (Å²) < 4.78 is 31.1. The van der Waals surface area contributed by atoms with Gasteiger partial charge in [-0.25, -0.2) is 9.10 Å². The third-order valence-electron chi connectivity index (χ3n) is 5.00. The van der Waals surface area contributed by atoms with Gasteiger partial charge in [-0.05, 0) is 56.8 Å². The number of hydrogen-bond donors (Lipinski definition) is 1. The Balaban J connectivity index is 2.13. The van der Waals surface area contributed by atoms with Crippen molar-refractivity contribution >= 4 is 38.3 Å². The van der Waals surface area contributed by atoms with E-state index in [-0.39, 0.29) is 6.04 Å². The summed E-state index contributed by atoms with van der Waals surface area (Å²) in [4.78, 5) is 14.4. The predicted molar refractivity (Wildman–Crippen MR) is 111 cm³/mol. The first-order valence-electron chi connectivity index (χ1n) is 8.99. The molecular weight excluding hydrogens is 400 g/mol. The van der Waals surface area contributed by atoms with Crippen LogP contribution in [0.5, 0.6) is 0 Å². The summed E-state index contributed by atoms with van der Waals surface area (Å²) >= 11 is 1.19. The standard InChI is InChI=1S/C17H26N6O3S2/c1-12-11-27-16(13(12)2)23(17(18)24)28(25,26)22(15-8-19-21(4)10-15)14-6-5-7-20(3)9-14/h8,10-11,14H,5-7,9H2,1-4H3,(H2,18,24). The molecule has 0 saturated carbocycles. The van der Waals surface area contributed by atoms with Gasteiger partial charge in [0.2, 0.25) is 0 Å². The van der Waals surface area contributed by atoms with E-state index < -0.39 is 16.2 Å². The number of hydrogen-bond acceptors (Lipinski definition) is 6. The van der Waals surface area contributed by atoms with E-state index in [0.29, 0.717) is 23.7 Å². The Morgan fingerprint density at radius 2 is 2.07 bits per heavy atom. The molecule has 3 rings (SSSR count). The van der Waals surface area contributed by atoms with Crippen molar-refractivity contribution in [1.29, 1.82) is 0 Å². The lowest BCUT2D eigenvalue weighted by Gasteiger charge is -2.39. The fourth-order valence-electron chi connectivity index (χ4n) is 3.48. The van der Waals surface area contributed by atoms with E-state index in [9.17, 15) is 13.2 Å². The van der Waals surface area contributed by atoms with Crippen LogP contribution < -0.4 is 14.3 Å². The van der Waals surface area contributed by atoms with Gasteiger partial charge in [-0.2, -0.15) is 17.8 Å². The van der Waals surface area contributed by atoms with E-state index in [1.165, 1.54) is 21.8 Å². The number of nitrogens with two attached hydrogens (primary N) is 1. The first kappa shape index (κ1) is 20.6. The molecule has 1 unspecified atom stereocenters. The number of anilines is 2. The highest BCUT2D eigenvalue weighted by molar-refractivity contribution is 7.95. The molecule has 0 aliphatic carbocycles.